The van der Waals surface area contributed by atoms with E-state index in [1.165, 1.54) is 7.05 Å². The van der Waals surface area contributed by atoms with Crippen LogP contribution < -0.4 is 11.4 Å². The van der Waals surface area contributed by atoms with Crippen molar-refractivity contribution in [2.45, 2.75) is 0 Å². The van der Waals surface area contributed by atoms with Gasteiger partial charge in [0, 0.05) is 13.1 Å². The van der Waals surface area contributed by atoms with Crippen LogP contribution in [0.4, 0.5) is 8.78 Å². The summed E-state index contributed by atoms with van der Waals surface area (Å²) in [5, 5.41) is 2.14. The number of aromatic amines is 1. The van der Waals surface area contributed by atoms with Gasteiger partial charge in [0.1, 0.15) is 11.6 Å². The van der Waals surface area contributed by atoms with Crippen LogP contribution >= 0.6 is 0 Å². The molecular weight excluding hydrogens is 220 g/mol. The number of benzene rings is 1. The second kappa shape index (κ2) is 3.44. The summed E-state index contributed by atoms with van der Waals surface area (Å²) in [5.41, 5.74) is -2.00. The second-order valence-corrected chi connectivity index (χ2v) is 3.19. The van der Waals surface area contributed by atoms with E-state index < -0.39 is 28.7 Å². The maximum absolute atomic E-state index is 13.3. The van der Waals surface area contributed by atoms with Gasteiger partial charge in [-0.2, -0.15) is 0 Å². The molecule has 1 N–H and O–H groups in total. The average molecular weight is 227 g/mol. The highest BCUT2D eigenvalue weighted by molar-refractivity contribution is 5.33. The third kappa shape index (κ3) is 1.46. The summed E-state index contributed by atoms with van der Waals surface area (Å²) in [5.74, 6) is -1.58. The van der Waals surface area contributed by atoms with Gasteiger partial charge in [0.05, 0.1) is 5.69 Å². The highest BCUT2D eigenvalue weighted by Gasteiger charge is 2.13. The van der Waals surface area contributed by atoms with Crippen molar-refractivity contribution >= 4 is 0 Å². The van der Waals surface area contributed by atoms with E-state index in [-0.39, 0.29) is 0 Å². The van der Waals surface area contributed by atoms with Crippen LogP contribution in [-0.2, 0) is 7.05 Å². The Hall–Kier alpha value is -2.18. The van der Waals surface area contributed by atoms with Crippen molar-refractivity contribution in [2.75, 3.05) is 0 Å². The average Bonchev–Trinajstić information content (AvgIpc) is 2.46. The Labute approximate surface area is 87.5 Å². The first-order valence-electron chi connectivity index (χ1n) is 4.34. The Bertz CT molecular complexity index is 654. The summed E-state index contributed by atoms with van der Waals surface area (Å²) < 4.78 is 27.6. The molecule has 84 valence electrons. The third-order valence-corrected chi connectivity index (χ3v) is 2.09. The van der Waals surface area contributed by atoms with Gasteiger partial charge in [-0.05, 0) is 12.1 Å². The first kappa shape index (κ1) is 10.3. The van der Waals surface area contributed by atoms with Crippen LogP contribution in [0.2, 0.25) is 0 Å². The van der Waals surface area contributed by atoms with Crippen molar-refractivity contribution in [3.05, 3.63) is 50.8 Å². The molecule has 0 fully saturated rings. The van der Waals surface area contributed by atoms with E-state index in [0.717, 1.165) is 22.9 Å². The summed E-state index contributed by atoms with van der Waals surface area (Å²) in [6.07, 6.45) is 0. The molecule has 0 unspecified atom stereocenters. The van der Waals surface area contributed by atoms with Crippen molar-refractivity contribution in [3.63, 3.8) is 0 Å². The lowest BCUT2D eigenvalue weighted by Gasteiger charge is -2.00. The minimum absolute atomic E-state index is 0.410. The smallest absolute Gasteiger partial charge is 0.246 e. The summed E-state index contributed by atoms with van der Waals surface area (Å²) in [6, 6.07) is 2.54. The number of hydrogen-bond donors (Lipinski definition) is 1. The van der Waals surface area contributed by atoms with Gasteiger partial charge in [0.2, 0.25) is 0 Å². The van der Waals surface area contributed by atoms with Crippen LogP contribution in [0, 0.1) is 11.6 Å². The molecule has 0 saturated heterocycles. The summed E-state index contributed by atoms with van der Waals surface area (Å²) >= 11 is 0. The van der Waals surface area contributed by atoms with Crippen LogP contribution in [0.5, 0.6) is 0 Å². The molecule has 0 radical (unpaired) electrons. The number of hydrogen-bond acceptors (Lipinski definition) is 2. The summed E-state index contributed by atoms with van der Waals surface area (Å²) in [7, 11) is 1.30. The normalized spacial score (nSPS) is 10.7. The van der Waals surface area contributed by atoms with Crippen LogP contribution in [0.25, 0.3) is 5.69 Å². The monoisotopic (exact) mass is 227 g/mol. The Morgan fingerprint density at radius 2 is 1.94 bits per heavy atom. The maximum Gasteiger partial charge on any atom is 0.351 e. The summed E-state index contributed by atoms with van der Waals surface area (Å²) in [4.78, 5) is 22.8. The quantitative estimate of drug-likeness (QED) is 0.753. The van der Waals surface area contributed by atoms with Crippen LogP contribution in [-0.4, -0.2) is 14.3 Å². The van der Waals surface area contributed by atoms with E-state index in [2.05, 4.69) is 5.10 Å². The largest absolute Gasteiger partial charge is 0.351 e. The fourth-order valence-corrected chi connectivity index (χ4v) is 1.35. The van der Waals surface area contributed by atoms with Crippen molar-refractivity contribution in [2.24, 2.45) is 7.05 Å². The van der Waals surface area contributed by atoms with Crippen LogP contribution in [0.1, 0.15) is 0 Å². The topological polar surface area (TPSA) is 59.8 Å². The Morgan fingerprint density at radius 1 is 1.25 bits per heavy atom. The van der Waals surface area contributed by atoms with Gasteiger partial charge >= 0.3 is 11.4 Å². The first-order valence-corrected chi connectivity index (χ1v) is 4.34. The molecule has 5 nitrogen and oxygen atoms in total. The number of H-pyrrole nitrogens is 1. The van der Waals surface area contributed by atoms with E-state index in [9.17, 15) is 18.4 Å². The minimum Gasteiger partial charge on any atom is -0.246 e. The standard InChI is InChI=1S/C9H7F2N3O2/c1-13-9(16)14(8(15)12-13)7-4-5(10)2-3-6(7)11/h2-4H,1H3,(H,12,15). The minimum atomic E-state index is -0.847. The molecular formula is C9H7F2N3O2. The van der Waals surface area contributed by atoms with E-state index >= 15 is 0 Å². The molecule has 2 rings (SSSR count). The van der Waals surface area contributed by atoms with Gasteiger partial charge < -0.3 is 0 Å². The molecule has 2 aromatic rings. The second-order valence-electron chi connectivity index (χ2n) is 3.19. The molecule has 1 aromatic heterocycles. The van der Waals surface area contributed by atoms with Crippen molar-refractivity contribution in [3.8, 4) is 5.69 Å². The molecule has 0 amide bonds. The zero-order valence-electron chi connectivity index (χ0n) is 8.20. The highest BCUT2D eigenvalue weighted by Crippen LogP contribution is 2.11. The van der Waals surface area contributed by atoms with Gasteiger partial charge in [-0.15, -0.1) is 0 Å². The van der Waals surface area contributed by atoms with E-state index in [0.29, 0.717) is 4.57 Å². The predicted octanol–water partition coefficient (Wildman–Crippen LogP) is 0.143. The molecule has 0 aliphatic heterocycles. The number of aromatic nitrogens is 3. The number of nitrogens with one attached hydrogen (secondary N) is 1. The molecule has 7 heteroatoms. The molecule has 0 aliphatic rings. The predicted molar refractivity (Wildman–Crippen MR) is 51.5 cm³/mol. The molecule has 0 aliphatic carbocycles. The number of halogens is 2. The molecule has 1 heterocycles. The van der Waals surface area contributed by atoms with Crippen molar-refractivity contribution in [1.29, 1.82) is 0 Å². The zero-order valence-corrected chi connectivity index (χ0v) is 8.20. The molecule has 0 spiro atoms. The Morgan fingerprint density at radius 3 is 2.50 bits per heavy atom. The van der Waals surface area contributed by atoms with Crippen molar-refractivity contribution < 1.29 is 8.78 Å². The molecule has 0 bridgehead atoms. The molecule has 1 aromatic carbocycles. The zero-order chi connectivity index (χ0) is 11.9. The van der Waals surface area contributed by atoms with Crippen molar-refractivity contribution in [1.82, 2.24) is 14.3 Å². The number of nitrogens with zero attached hydrogens (tertiary/aromatic N) is 2. The van der Waals surface area contributed by atoms with E-state index in [4.69, 9.17) is 0 Å². The van der Waals surface area contributed by atoms with E-state index in [1.807, 2.05) is 0 Å². The van der Waals surface area contributed by atoms with Gasteiger partial charge in [-0.25, -0.2) is 32.7 Å². The van der Waals surface area contributed by atoms with Gasteiger partial charge in [0.15, 0.2) is 0 Å². The van der Waals surface area contributed by atoms with Crippen LogP contribution in [0.3, 0.4) is 0 Å². The Kier molecular flexibility index (Phi) is 2.22. The van der Waals surface area contributed by atoms with Gasteiger partial charge in [-0.1, -0.05) is 0 Å². The first-order chi connectivity index (χ1) is 7.50. The fraction of sp³-hybridized carbons (Fsp3) is 0.111. The molecule has 0 saturated carbocycles. The highest BCUT2D eigenvalue weighted by atomic mass is 19.1. The van der Waals surface area contributed by atoms with Gasteiger partial charge in [0.25, 0.3) is 0 Å². The molecule has 0 atom stereocenters. The summed E-state index contributed by atoms with van der Waals surface area (Å²) in [6.45, 7) is 0. The third-order valence-electron chi connectivity index (χ3n) is 2.09. The SMILES string of the molecule is Cn1[nH]c(=O)n(-c2cc(F)ccc2F)c1=O. The number of rotatable bonds is 1. The fourth-order valence-electron chi connectivity index (χ4n) is 1.35. The van der Waals surface area contributed by atoms with E-state index in [1.54, 1.807) is 0 Å². The maximum atomic E-state index is 13.3. The lowest BCUT2D eigenvalue weighted by atomic mass is 10.3. The molecule has 16 heavy (non-hydrogen) atoms. The lowest BCUT2D eigenvalue weighted by Crippen LogP contribution is -2.27. The number of aryl methyl sites for hydroxylation is 1. The van der Waals surface area contributed by atoms with Crippen LogP contribution in [0.15, 0.2) is 27.8 Å². The lowest BCUT2D eigenvalue weighted by molar-refractivity contribution is 0.589. The van der Waals surface area contributed by atoms with Gasteiger partial charge in [-0.3, -0.25) is 0 Å². The Balaban J connectivity index is 2.82.